The number of hydrogen-bond donors (Lipinski definition) is 6. The molecule has 0 aliphatic carbocycles. The van der Waals surface area contributed by atoms with Crippen LogP contribution in [0.5, 0.6) is 0 Å². The third kappa shape index (κ3) is 4.77. The summed E-state index contributed by atoms with van der Waals surface area (Å²) in [5, 5.41) is 55.4. The number of rotatable bonds is 8. The third-order valence-corrected chi connectivity index (χ3v) is 4.35. The highest BCUT2D eigenvalue weighted by atomic mass is 16.6. The number of carbonyl (C=O) groups excluding carboxylic acids is 2. The molecule has 35 heavy (non-hydrogen) atoms. The highest BCUT2D eigenvalue weighted by molar-refractivity contribution is 6.18. The van der Waals surface area contributed by atoms with Crippen LogP contribution in [0.4, 0.5) is 0 Å². The summed E-state index contributed by atoms with van der Waals surface area (Å²) in [7, 11) is 0. The summed E-state index contributed by atoms with van der Waals surface area (Å²) in [6.07, 6.45) is 0. The predicted octanol–water partition coefficient (Wildman–Crippen LogP) is 0.873. The highest BCUT2D eigenvalue weighted by Crippen LogP contribution is 2.24. The predicted molar refractivity (Wildman–Crippen MR) is 104 cm³/mol. The molecule has 15 nitrogen and oxygen atoms in total. The summed E-state index contributed by atoms with van der Waals surface area (Å²) in [4.78, 5) is 93.6. The molecule has 0 fully saturated rings. The third-order valence-electron chi connectivity index (χ3n) is 4.35. The first-order valence-corrected chi connectivity index (χ1v) is 8.70. The van der Waals surface area contributed by atoms with Gasteiger partial charge in [0, 0.05) is 0 Å². The number of carboxylic acid groups (broad SMARTS) is 6. The number of carbonyl (C=O) groups is 8. The minimum Gasteiger partial charge on any atom is -0.478 e. The van der Waals surface area contributed by atoms with Gasteiger partial charge in [0.2, 0.25) is 0 Å². The Labute approximate surface area is 191 Å². The van der Waals surface area contributed by atoms with Crippen LogP contribution in [0.3, 0.4) is 0 Å². The first-order chi connectivity index (χ1) is 16.2. The van der Waals surface area contributed by atoms with Crippen LogP contribution in [0, 0.1) is 0 Å². The standard InChI is InChI=1S/C20H10O15/c21-13(22)5-1-3-7(11(17(29)30)9(5)15(25)26)19(33)35-20(34)8-4-2-6(14(23)24)10(16(27)28)12(8)18(31)32/h1-4H,(H,21,22)(H,23,24)(H,25,26)(H,27,28)(H,29,30)(H,31,32). The summed E-state index contributed by atoms with van der Waals surface area (Å²) >= 11 is 0. The van der Waals surface area contributed by atoms with E-state index in [0.717, 1.165) is 0 Å². The minimum absolute atomic E-state index is 0.531. The summed E-state index contributed by atoms with van der Waals surface area (Å²) in [6.45, 7) is 0. The van der Waals surface area contributed by atoms with Crippen molar-refractivity contribution in [3.8, 4) is 0 Å². The Morgan fingerprint density at radius 2 is 0.629 bits per heavy atom. The maximum atomic E-state index is 12.5. The van der Waals surface area contributed by atoms with Crippen molar-refractivity contribution in [3.05, 3.63) is 68.8 Å². The maximum absolute atomic E-state index is 12.5. The van der Waals surface area contributed by atoms with Crippen LogP contribution in [0.25, 0.3) is 0 Å². The molecule has 0 aliphatic heterocycles. The Bertz CT molecular complexity index is 1260. The van der Waals surface area contributed by atoms with Gasteiger partial charge in [-0.05, 0) is 24.3 Å². The normalized spacial score (nSPS) is 10.2. The fourth-order valence-corrected chi connectivity index (χ4v) is 2.98. The van der Waals surface area contributed by atoms with E-state index in [1.807, 2.05) is 0 Å². The lowest BCUT2D eigenvalue weighted by Crippen LogP contribution is -2.24. The Hall–Kier alpha value is -5.60. The van der Waals surface area contributed by atoms with Crippen molar-refractivity contribution in [1.29, 1.82) is 0 Å². The molecule has 2 aromatic carbocycles. The monoisotopic (exact) mass is 490 g/mol. The molecule has 0 spiro atoms. The molecular weight excluding hydrogens is 480 g/mol. The van der Waals surface area contributed by atoms with E-state index < -0.39 is 92.3 Å². The van der Waals surface area contributed by atoms with E-state index in [4.69, 9.17) is 10.2 Å². The summed E-state index contributed by atoms with van der Waals surface area (Å²) < 4.78 is 4.39. The molecule has 0 saturated heterocycles. The van der Waals surface area contributed by atoms with Gasteiger partial charge in [-0.2, -0.15) is 0 Å². The van der Waals surface area contributed by atoms with Crippen molar-refractivity contribution in [1.82, 2.24) is 0 Å². The van der Waals surface area contributed by atoms with Gasteiger partial charge in [-0.25, -0.2) is 38.4 Å². The number of aromatic carboxylic acids is 6. The number of benzene rings is 2. The smallest absolute Gasteiger partial charge is 0.346 e. The minimum atomic E-state index is -2.09. The SMILES string of the molecule is O=C(O)c1ccc(C(=O)OC(=O)c2ccc(C(=O)O)c(C(=O)O)c2C(=O)O)c(C(=O)O)c1C(=O)O. The molecule has 0 saturated carbocycles. The van der Waals surface area contributed by atoms with E-state index in [-0.39, 0.29) is 0 Å². The second kappa shape index (κ2) is 9.49. The zero-order chi connectivity index (χ0) is 26.8. The van der Waals surface area contributed by atoms with Crippen molar-refractivity contribution in [3.63, 3.8) is 0 Å². The lowest BCUT2D eigenvalue weighted by atomic mass is 9.95. The Morgan fingerprint density at radius 1 is 0.400 bits per heavy atom. The van der Waals surface area contributed by atoms with Gasteiger partial charge in [0.05, 0.1) is 44.5 Å². The maximum Gasteiger partial charge on any atom is 0.346 e. The quantitative estimate of drug-likeness (QED) is 0.221. The second-order valence-electron chi connectivity index (χ2n) is 6.33. The summed E-state index contributed by atoms with van der Waals surface area (Å²) in [5.41, 5.74) is -9.60. The van der Waals surface area contributed by atoms with Gasteiger partial charge < -0.3 is 35.4 Å². The van der Waals surface area contributed by atoms with Gasteiger partial charge in [-0.15, -0.1) is 0 Å². The van der Waals surface area contributed by atoms with Crippen molar-refractivity contribution in [2.75, 3.05) is 0 Å². The fourth-order valence-electron chi connectivity index (χ4n) is 2.98. The van der Waals surface area contributed by atoms with E-state index in [1.54, 1.807) is 0 Å². The number of esters is 2. The van der Waals surface area contributed by atoms with Gasteiger partial charge in [0.25, 0.3) is 0 Å². The molecule has 0 unspecified atom stereocenters. The van der Waals surface area contributed by atoms with Crippen molar-refractivity contribution < 1.29 is 73.7 Å². The van der Waals surface area contributed by atoms with E-state index in [1.165, 1.54) is 0 Å². The fraction of sp³-hybridized carbons (Fsp3) is 0. The zero-order valence-corrected chi connectivity index (χ0v) is 16.7. The molecule has 2 rings (SSSR count). The molecule has 15 heteroatoms. The van der Waals surface area contributed by atoms with Gasteiger partial charge >= 0.3 is 47.8 Å². The number of ether oxygens (including phenoxy) is 1. The summed E-state index contributed by atoms with van der Waals surface area (Å²) in [5.74, 6) is -15.7. The molecule has 0 aliphatic rings. The van der Waals surface area contributed by atoms with Gasteiger partial charge in [0.15, 0.2) is 0 Å². The van der Waals surface area contributed by atoms with E-state index >= 15 is 0 Å². The van der Waals surface area contributed by atoms with Gasteiger partial charge in [-0.1, -0.05) is 0 Å². The van der Waals surface area contributed by atoms with E-state index in [0.29, 0.717) is 24.3 Å². The molecule has 2 aromatic rings. The first kappa shape index (κ1) is 25.7. The second-order valence-corrected chi connectivity index (χ2v) is 6.33. The lowest BCUT2D eigenvalue weighted by molar-refractivity contribution is 0.0385. The molecule has 0 radical (unpaired) electrons. The average molecular weight is 490 g/mol. The Kier molecular flexibility index (Phi) is 6.96. The average Bonchev–Trinajstić information content (AvgIpc) is 2.76. The van der Waals surface area contributed by atoms with Crippen LogP contribution < -0.4 is 0 Å². The largest absolute Gasteiger partial charge is 0.478 e. The molecular formula is C20H10O15. The van der Waals surface area contributed by atoms with Crippen LogP contribution >= 0.6 is 0 Å². The van der Waals surface area contributed by atoms with Crippen molar-refractivity contribution >= 4 is 47.8 Å². The molecule has 180 valence electrons. The Morgan fingerprint density at radius 3 is 0.857 bits per heavy atom. The van der Waals surface area contributed by atoms with Gasteiger partial charge in [-0.3, -0.25) is 0 Å². The van der Waals surface area contributed by atoms with Gasteiger partial charge in [0.1, 0.15) is 0 Å². The van der Waals surface area contributed by atoms with E-state index in [2.05, 4.69) is 4.74 Å². The summed E-state index contributed by atoms with van der Waals surface area (Å²) in [6, 6.07) is 2.16. The molecule has 6 N–H and O–H groups in total. The number of carboxylic acids is 6. The lowest BCUT2D eigenvalue weighted by Gasteiger charge is -2.13. The Balaban J connectivity index is 2.67. The highest BCUT2D eigenvalue weighted by Gasteiger charge is 2.34. The topological polar surface area (TPSA) is 267 Å². The zero-order valence-electron chi connectivity index (χ0n) is 16.7. The molecule has 0 aromatic heterocycles. The van der Waals surface area contributed by atoms with Crippen molar-refractivity contribution in [2.24, 2.45) is 0 Å². The van der Waals surface area contributed by atoms with Crippen LogP contribution in [0.1, 0.15) is 82.9 Å². The van der Waals surface area contributed by atoms with Crippen LogP contribution in [0.15, 0.2) is 24.3 Å². The molecule has 0 atom stereocenters. The molecule has 0 heterocycles. The van der Waals surface area contributed by atoms with Crippen LogP contribution in [-0.2, 0) is 4.74 Å². The molecule has 0 bridgehead atoms. The van der Waals surface area contributed by atoms with Crippen LogP contribution in [0.2, 0.25) is 0 Å². The first-order valence-electron chi connectivity index (χ1n) is 8.70. The molecule has 0 amide bonds. The van der Waals surface area contributed by atoms with Crippen molar-refractivity contribution in [2.45, 2.75) is 0 Å². The number of hydrogen-bond acceptors (Lipinski definition) is 9. The van der Waals surface area contributed by atoms with Crippen LogP contribution in [-0.4, -0.2) is 78.4 Å². The van der Waals surface area contributed by atoms with E-state index in [9.17, 15) is 58.8 Å².